The summed E-state index contributed by atoms with van der Waals surface area (Å²) in [6.07, 6.45) is 7.26. The third-order valence-electron chi connectivity index (χ3n) is 4.69. The summed E-state index contributed by atoms with van der Waals surface area (Å²) in [5.41, 5.74) is 0. The van der Waals surface area contributed by atoms with Crippen LogP contribution in [0.4, 0.5) is 0 Å². The highest BCUT2D eigenvalue weighted by molar-refractivity contribution is 5.78. The van der Waals surface area contributed by atoms with Gasteiger partial charge in [0.1, 0.15) is 0 Å². The first kappa shape index (κ1) is 13.9. The maximum Gasteiger partial charge on any atom is 0.223 e. The fourth-order valence-electron chi connectivity index (χ4n) is 3.29. The number of amides is 1. The Balaban J connectivity index is 1.68. The number of hydrogen-bond acceptors (Lipinski definition) is 2. The normalized spacial score (nSPS) is 37.2. The lowest BCUT2D eigenvalue weighted by Crippen LogP contribution is -2.43. The van der Waals surface area contributed by atoms with E-state index in [1.165, 1.54) is 25.7 Å². The minimum Gasteiger partial charge on any atom is -0.356 e. The van der Waals surface area contributed by atoms with Crippen LogP contribution in [-0.2, 0) is 4.79 Å². The first-order valence-corrected chi connectivity index (χ1v) is 7.66. The van der Waals surface area contributed by atoms with Gasteiger partial charge in [-0.2, -0.15) is 0 Å². The van der Waals surface area contributed by atoms with E-state index in [0.29, 0.717) is 11.9 Å². The first-order valence-electron chi connectivity index (χ1n) is 7.66. The number of carbonyl (C=O) groups is 1. The van der Waals surface area contributed by atoms with E-state index in [9.17, 15) is 4.79 Å². The van der Waals surface area contributed by atoms with Crippen molar-refractivity contribution in [2.45, 2.75) is 58.4 Å². The van der Waals surface area contributed by atoms with Crippen LogP contribution in [0.15, 0.2) is 0 Å². The molecule has 0 radical (unpaired) electrons. The van der Waals surface area contributed by atoms with E-state index in [1.807, 2.05) is 0 Å². The Morgan fingerprint density at radius 2 is 1.89 bits per heavy atom. The Labute approximate surface area is 111 Å². The van der Waals surface area contributed by atoms with Crippen LogP contribution < -0.4 is 10.6 Å². The molecule has 1 aliphatic carbocycles. The van der Waals surface area contributed by atoms with E-state index >= 15 is 0 Å². The first-order chi connectivity index (χ1) is 8.65. The third kappa shape index (κ3) is 3.98. The maximum absolute atomic E-state index is 12.1. The highest BCUT2D eigenvalue weighted by Crippen LogP contribution is 2.27. The van der Waals surface area contributed by atoms with Crippen molar-refractivity contribution in [3.63, 3.8) is 0 Å². The van der Waals surface area contributed by atoms with Crippen LogP contribution in [0, 0.1) is 17.8 Å². The molecule has 2 aliphatic rings. The van der Waals surface area contributed by atoms with Crippen molar-refractivity contribution in [3.8, 4) is 0 Å². The van der Waals surface area contributed by atoms with E-state index in [4.69, 9.17) is 0 Å². The van der Waals surface area contributed by atoms with E-state index in [2.05, 4.69) is 24.5 Å². The molecule has 18 heavy (non-hydrogen) atoms. The second kappa shape index (κ2) is 6.55. The van der Waals surface area contributed by atoms with Crippen LogP contribution in [0.1, 0.15) is 52.4 Å². The Hall–Kier alpha value is -0.570. The second-order valence-electron chi connectivity index (χ2n) is 6.45. The van der Waals surface area contributed by atoms with Gasteiger partial charge in [0, 0.05) is 18.5 Å². The van der Waals surface area contributed by atoms with E-state index < -0.39 is 0 Å². The molecule has 0 bridgehead atoms. The smallest absolute Gasteiger partial charge is 0.223 e. The van der Waals surface area contributed by atoms with Crippen molar-refractivity contribution in [2.75, 3.05) is 13.1 Å². The number of carbonyl (C=O) groups excluding carboxylic acids is 1. The minimum absolute atomic E-state index is 0.240. The van der Waals surface area contributed by atoms with Crippen molar-refractivity contribution in [3.05, 3.63) is 0 Å². The molecule has 2 N–H and O–H groups in total. The van der Waals surface area contributed by atoms with Gasteiger partial charge in [-0.3, -0.25) is 4.79 Å². The predicted molar refractivity (Wildman–Crippen MR) is 74.3 cm³/mol. The number of piperidine rings is 1. The van der Waals surface area contributed by atoms with Crippen LogP contribution in [0.5, 0.6) is 0 Å². The molecule has 0 aromatic rings. The Bertz CT molecular complexity index is 272. The molecule has 104 valence electrons. The van der Waals surface area contributed by atoms with Gasteiger partial charge in [0.05, 0.1) is 0 Å². The van der Waals surface area contributed by atoms with E-state index in [0.717, 1.165) is 37.8 Å². The summed E-state index contributed by atoms with van der Waals surface area (Å²) in [7, 11) is 0. The Morgan fingerprint density at radius 1 is 1.17 bits per heavy atom. The van der Waals surface area contributed by atoms with E-state index in [-0.39, 0.29) is 5.92 Å². The largest absolute Gasteiger partial charge is 0.356 e. The summed E-state index contributed by atoms with van der Waals surface area (Å²) in [5.74, 6) is 2.15. The number of nitrogens with one attached hydrogen (secondary N) is 2. The van der Waals surface area contributed by atoms with Gasteiger partial charge in [-0.25, -0.2) is 0 Å². The van der Waals surface area contributed by atoms with Gasteiger partial charge in [-0.05, 0) is 51.0 Å². The minimum atomic E-state index is 0.240. The topological polar surface area (TPSA) is 41.1 Å². The van der Waals surface area contributed by atoms with Gasteiger partial charge in [0.15, 0.2) is 0 Å². The molecule has 3 heteroatoms. The fourth-order valence-corrected chi connectivity index (χ4v) is 3.29. The molecular formula is C15H28N2O. The van der Waals surface area contributed by atoms with Gasteiger partial charge in [-0.15, -0.1) is 0 Å². The van der Waals surface area contributed by atoms with Crippen LogP contribution in [0.2, 0.25) is 0 Å². The Kier molecular flexibility index (Phi) is 5.04. The molecule has 1 heterocycles. The molecular weight excluding hydrogens is 224 g/mol. The molecule has 2 atom stereocenters. The molecule has 2 rings (SSSR count). The molecule has 0 aromatic carbocycles. The SMILES string of the molecule is CC1CCC(CNC(=O)C2CCNC(C)C2)CC1. The van der Waals surface area contributed by atoms with Crippen molar-refractivity contribution in [1.29, 1.82) is 0 Å². The van der Waals surface area contributed by atoms with Crippen LogP contribution >= 0.6 is 0 Å². The summed E-state index contributed by atoms with van der Waals surface area (Å²) >= 11 is 0. The van der Waals surface area contributed by atoms with Gasteiger partial charge >= 0.3 is 0 Å². The molecule has 2 fully saturated rings. The van der Waals surface area contributed by atoms with Crippen molar-refractivity contribution in [1.82, 2.24) is 10.6 Å². The van der Waals surface area contributed by atoms with Crippen molar-refractivity contribution < 1.29 is 4.79 Å². The fraction of sp³-hybridized carbons (Fsp3) is 0.933. The Morgan fingerprint density at radius 3 is 2.56 bits per heavy atom. The maximum atomic E-state index is 12.1. The monoisotopic (exact) mass is 252 g/mol. The van der Waals surface area contributed by atoms with Gasteiger partial charge in [-0.1, -0.05) is 19.8 Å². The molecule has 1 amide bonds. The van der Waals surface area contributed by atoms with Crippen LogP contribution in [0.3, 0.4) is 0 Å². The molecule has 3 nitrogen and oxygen atoms in total. The summed E-state index contributed by atoms with van der Waals surface area (Å²) in [4.78, 5) is 12.1. The molecule has 1 saturated carbocycles. The van der Waals surface area contributed by atoms with Gasteiger partial charge < -0.3 is 10.6 Å². The van der Waals surface area contributed by atoms with Crippen molar-refractivity contribution >= 4 is 5.91 Å². The summed E-state index contributed by atoms with van der Waals surface area (Å²) in [5, 5.41) is 6.59. The summed E-state index contributed by atoms with van der Waals surface area (Å²) in [6, 6.07) is 0.491. The van der Waals surface area contributed by atoms with Crippen molar-refractivity contribution in [2.24, 2.45) is 17.8 Å². The molecule has 2 unspecified atom stereocenters. The van der Waals surface area contributed by atoms with E-state index in [1.54, 1.807) is 0 Å². The predicted octanol–water partition coefficient (Wildman–Crippen LogP) is 2.32. The molecule has 0 aromatic heterocycles. The molecule has 1 aliphatic heterocycles. The average molecular weight is 252 g/mol. The average Bonchev–Trinajstić information content (AvgIpc) is 2.38. The lowest BCUT2D eigenvalue weighted by atomic mass is 9.83. The van der Waals surface area contributed by atoms with Gasteiger partial charge in [0.25, 0.3) is 0 Å². The lowest BCUT2D eigenvalue weighted by molar-refractivity contribution is -0.126. The summed E-state index contributed by atoms with van der Waals surface area (Å²) < 4.78 is 0. The third-order valence-corrected chi connectivity index (χ3v) is 4.69. The quantitative estimate of drug-likeness (QED) is 0.809. The second-order valence-corrected chi connectivity index (χ2v) is 6.45. The zero-order chi connectivity index (χ0) is 13.0. The molecule has 0 spiro atoms. The lowest BCUT2D eigenvalue weighted by Gasteiger charge is -2.29. The van der Waals surface area contributed by atoms with Gasteiger partial charge in [0.2, 0.25) is 5.91 Å². The number of hydrogen-bond donors (Lipinski definition) is 2. The standard InChI is InChI=1S/C15H28N2O/c1-11-3-5-13(6-4-11)10-17-15(18)14-7-8-16-12(2)9-14/h11-14,16H,3-10H2,1-2H3,(H,17,18). The highest BCUT2D eigenvalue weighted by Gasteiger charge is 2.25. The summed E-state index contributed by atoms with van der Waals surface area (Å²) in [6.45, 7) is 6.40. The number of rotatable bonds is 3. The zero-order valence-electron chi connectivity index (χ0n) is 11.9. The molecule has 1 saturated heterocycles. The highest BCUT2D eigenvalue weighted by atomic mass is 16.1. The zero-order valence-corrected chi connectivity index (χ0v) is 11.9. The van der Waals surface area contributed by atoms with Crippen LogP contribution in [-0.4, -0.2) is 25.0 Å². The van der Waals surface area contributed by atoms with Crippen LogP contribution in [0.25, 0.3) is 0 Å².